The summed E-state index contributed by atoms with van der Waals surface area (Å²) in [6, 6.07) is 0. The van der Waals surface area contributed by atoms with Crippen molar-refractivity contribution in [2.24, 2.45) is 5.92 Å². The van der Waals surface area contributed by atoms with Crippen molar-refractivity contribution in [2.45, 2.75) is 26.2 Å². The van der Waals surface area contributed by atoms with E-state index in [9.17, 15) is 4.79 Å². The number of nitrogens with one attached hydrogen (secondary N) is 1. The van der Waals surface area contributed by atoms with Crippen molar-refractivity contribution in [1.29, 1.82) is 0 Å². The SMILES string of the molecule is CCC1CCN(CC(=O)N2CCCNCC2)C1. The zero-order valence-electron chi connectivity index (χ0n) is 11.0. The van der Waals surface area contributed by atoms with Gasteiger partial charge in [-0.1, -0.05) is 13.3 Å². The fraction of sp³-hybridized carbons (Fsp3) is 0.923. The van der Waals surface area contributed by atoms with Gasteiger partial charge in [-0.2, -0.15) is 0 Å². The molecule has 2 saturated heterocycles. The summed E-state index contributed by atoms with van der Waals surface area (Å²) in [5.41, 5.74) is 0. The van der Waals surface area contributed by atoms with Crippen LogP contribution in [-0.4, -0.2) is 61.5 Å². The second-order valence-corrected chi connectivity index (χ2v) is 5.28. The van der Waals surface area contributed by atoms with Crippen LogP contribution in [0.4, 0.5) is 0 Å². The van der Waals surface area contributed by atoms with Crippen LogP contribution >= 0.6 is 0 Å². The highest BCUT2D eigenvalue weighted by molar-refractivity contribution is 5.78. The van der Waals surface area contributed by atoms with Crippen molar-refractivity contribution in [2.75, 3.05) is 45.8 Å². The minimum absolute atomic E-state index is 0.324. The van der Waals surface area contributed by atoms with Crippen molar-refractivity contribution in [3.8, 4) is 0 Å². The first kappa shape index (κ1) is 12.8. The predicted octanol–water partition coefficient (Wildman–Crippen LogP) is 0.540. The molecule has 0 aromatic rings. The highest BCUT2D eigenvalue weighted by Crippen LogP contribution is 2.18. The Labute approximate surface area is 104 Å². The standard InChI is InChI=1S/C13H25N3O/c1-2-12-4-8-15(10-12)11-13(17)16-7-3-5-14-6-9-16/h12,14H,2-11H2,1H3. The Hall–Kier alpha value is -0.610. The van der Waals surface area contributed by atoms with Crippen LogP contribution in [0.25, 0.3) is 0 Å². The number of likely N-dealkylation sites (tertiary alicyclic amines) is 1. The summed E-state index contributed by atoms with van der Waals surface area (Å²) >= 11 is 0. The van der Waals surface area contributed by atoms with Crippen LogP contribution in [-0.2, 0) is 4.79 Å². The number of hydrogen-bond donors (Lipinski definition) is 1. The van der Waals surface area contributed by atoms with E-state index in [-0.39, 0.29) is 0 Å². The molecule has 4 nitrogen and oxygen atoms in total. The summed E-state index contributed by atoms with van der Waals surface area (Å²) in [4.78, 5) is 16.5. The molecular formula is C13H25N3O. The molecule has 2 fully saturated rings. The normalized spacial score (nSPS) is 27.1. The maximum Gasteiger partial charge on any atom is 0.236 e. The van der Waals surface area contributed by atoms with Gasteiger partial charge in [-0.25, -0.2) is 0 Å². The van der Waals surface area contributed by atoms with E-state index < -0.39 is 0 Å². The molecule has 2 rings (SSSR count). The van der Waals surface area contributed by atoms with E-state index in [1.807, 2.05) is 4.90 Å². The Morgan fingerprint density at radius 3 is 2.94 bits per heavy atom. The monoisotopic (exact) mass is 239 g/mol. The van der Waals surface area contributed by atoms with Crippen LogP contribution in [0.1, 0.15) is 26.2 Å². The Bertz CT molecular complexity index is 249. The Balaban J connectivity index is 1.76. The van der Waals surface area contributed by atoms with Crippen LogP contribution in [0.3, 0.4) is 0 Å². The minimum atomic E-state index is 0.324. The summed E-state index contributed by atoms with van der Waals surface area (Å²) in [6.07, 6.45) is 3.60. The lowest BCUT2D eigenvalue weighted by Crippen LogP contribution is -2.41. The number of amides is 1. The van der Waals surface area contributed by atoms with E-state index in [4.69, 9.17) is 0 Å². The molecule has 0 spiro atoms. The minimum Gasteiger partial charge on any atom is -0.340 e. The molecule has 2 heterocycles. The van der Waals surface area contributed by atoms with Gasteiger partial charge in [-0.05, 0) is 31.8 Å². The van der Waals surface area contributed by atoms with Crippen molar-refractivity contribution in [1.82, 2.24) is 15.1 Å². The highest BCUT2D eigenvalue weighted by atomic mass is 16.2. The number of carbonyl (C=O) groups is 1. The summed E-state index contributed by atoms with van der Waals surface area (Å²) in [5.74, 6) is 1.14. The zero-order valence-corrected chi connectivity index (χ0v) is 11.0. The van der Waals surface area contributed by atoms with Crippen LogP contribution in [0.15, 0.2) is 0 Å². The molecule has 1 N–H and O–H groups in total. The molecule has 0 aliphatic carbocycles. The Morgan fingerprint density at radius 2 is 2.18 bits per heavy atom. The largest absolute Gasteiger partial charge is 0.340 e. The number of rotatable bonds is 3. The second kappa shape index (κ2) is 6.36. The fourth-order valence-corrected chi connectivity index (χ4v) is 2.78. The average molecular weight is 239 g/mol. The lowest BCUT2D eigenvalue weighted by atomic mass is 10.1. The molecular weight excluding hydrogens is 214 g/mol. The van der Waals surface area contributed by atoms with Crippen molar-refractivity contribution in [3.63, 3.8) is 0 Å². The van der Waals surface area contributed by atoms with Gasteiger partial charge in [0.25, 0.3) is 0 Å². The van der Waals surface area contributed by atoms with Crippen LogP contribution < -0.4 is 5.32 Å². The molecule has 0 aromatic heterocycles. The molecule has 0 aromatic carbocycles. The maximum absolute atomic E-state index is 12.2. The maximum atomic E-state index is 12.2. The Morgan fingerprint density at radius 1 is 1.29 bits per heavy atom. The fourth-order valence-electron chi connectivity index (χ4n) is 2.78. The quantitative estimate of drug-likeness (QED) is 0.781. The first-order valence-corrected chi connectivity index (χ1v) is 7.00. The number of carbonyl (C=O) groups excluding carboxylic acids is 1. The van der Waals surface area contributed by atoms with E-state index in [2.05, 4.69) is 17.1 Å². The first-order valence-electron chi connectivity index (χ1n) is 7.00. The number of hydrogen-bond acceptors (Lipinski definition) is 3. The van der Waals surface area contributed by atoms with Gasteiger partial charge in [-0.3, -0.25) is 9.69 Å². The predicted molar refractivity (Wildman–Crippen MR) is 68.9 cm³/mol. The smallest absolute Gasteiger partial charge is 0.236 e. The van der Waals surface area contributed by atoms with E-state index in [0.29, 0.717) is 12.5 Å². The van der Waals surface area contributed by atoms with Crippen molar-refractivity contribution in [3.05, 3.63) is 0 Å². The molecule has 1 atom stereocenters. The molecule has 2 aliphatic heterocycles. The summed E-state index contributed by atoms with van der Waals surface area (Å²) in [6.45, 7) is 8.91. The highest BCUT2D eigenvalue weighted by Gasteiger charge is 2.24. The van der Waals surface area contributed by atoms with Gasteiger partial charge >= 0.3 is 0 Å². The molecule has 98 valence electrons. The molecule has 4 heteroatoms. The van der Waals surface area contributed by atoms with E-state index in [0.717, 1.165) is 51.6 Å². The lowest BCUT2D eigenvalue weighted by Gasteiger charge is -2.23. The molecule has 1 amide bonds. The summed E-state index contributed by atoms with van der Waals surface area (Å²) in [7, 11) is 0. The third kappa shape index (κ3) is 3.68. The van der Waals surface area contributed by atoms with Gasteiger partial charge in [0.05, 0.1) is 6.54 Å². The van der Waals surface area contributed by atoms with E-state index in [1.165, 1.54) is 12.8 Å². The van der Waals surface area contributed by atoms with Gasteiger partial charge in [0.1, 0.15) is 0 Å². The number of nitrogens with zero attached hydrogens (tertiary/aromatic N) is 2. The van der Waals surface area contributed by atoms with Crippen LogP contribution in [0, 0.1) is 5.92 Å². The zero-order chi connectivity index (χ0) is 12.1. The van der Waals surface area contributed by atoms with E-state index in [1.54, 1.807) is 0 Å². The Kier molecular flexibility index (Phi) is 4.80. The molecule has 0 bridgehead atoms. The third-order valence-corrected chi connectivity index (χ3v) is 4.00. The van der Waals surface area contributed by atoms with Gasteiger partial charge in [0, 0.05) is 26.2 Å². The molecule has 17 heavy (non-hydrogen) atoms. The second-order valence-electron chi connectivity index (χ2n) is 5.28. The van der Waals surface area contributed by atoms with Crippen LogP contribution in [0.2, 0.25) is 0 Å². The average Bonchev–Trinajstić information content (AvgIpc) is 2.62. The third-order valence-electron chi connectivity index (χ3n) is 4.00. The van der Waals surface area contributed by atoms with Crippen molar-refractivity contribution < 1.29 is 4.79 Å². The topological polar surface area (TPSA) is 35.6 Å². The van der Waals surface area contributed by atoms with Gasteiger partial charge in [0.2, 0.25) is 5.91 Å². The molecule has 0 saturated carbocycles. The van der Waals surface area contributed by atoms with E-state index >= 15 is 0 Å². The lowest BCUT2D eigenvalue weighted by molar-refractivity contribution is -0.132. The van der Waals surface area contributed by atoms with Gasteiger partial charge < -0.3 is 10.2 Å². The summed E-state index contributed by atoms with van der Waals surface area (Å²) < 4.78 is 0. The van der Waals surface area contributed by atoms with Crippen LogP contribution in [0.5, 0.6) is 0 Å². The first-order chi connectivity index (χ1) is 8.29. The molecule has 0 radical (unpaired) electrons. The van der Waals surface area contributed by atoms with Gasteiger partial charge in [0.15, 0.2) is 0 Å². The summed E-state index contributed by atoms with van der Waals surface area (Å²) in [5, 5.41) is 3.33. The molecule has 1 unspecified atom stereocenters. The molecule has 2 aliphatic rings. The van der Waals surface area contributed by atoms with Gasteiger partial charge in [-0.15, -0.1) is 0 Å². The van der Waals surface area contributed by atoms with Crippen molar-refractivity contribution >= 4 is 5.91 Å².